The van der Waals surface area contributed by atoms with Gasteiger partial charge in [-0.05, 0) is 25.8 Å². The highest BCUT2D eigenvalue weighted by Crippen LogP contribution is 2.17. The van der Waals surface area contributed by atoms with Gasteiger partial charge in [0, 0.05) is 0 Å². The second-order valence-corrected chi connectivity index (χ2v) is 7.29. The van der Waals surface area contributed by atoms with Crippen LogP contribution in [0.1, 0.15) is 78.1 Å². The summed E-state index contributed by atoms with van der Waals surface area (Å²) in [6.07, 6.45) is 10.4. The van der Waals surface area contributed by atoms with E-state index in [4.69, 9.17) is 9.92 Å². The van der Waals surface area contributed by atoms with E-state index < -0.39 is 10.1 Å². The maximum atomic E-state index is 12.0. The van der Waals surface area contributed by atoms with Gasteiger partial charge in [0.25, 0.3) is 10.1 Å². The summed E-state index contributed by atoms with van der Waals surface area (Å²) in [4.78, 5) is 0. The summed E-state index contributed by atoms with van der Waals surface area (Å²) >= 11 is 0. The normalized spacial score (nSPS) is 13.6. The Bertz CT molecular complexity index is 304. The quantitative estimate of drug-likeness (QED) is 0.393. The zero-order chi connectivity index (χ0) is 15.3. The molecule has 1 atom stereocenters. The summed E-state index contributed by atoms with van der Waals surface area (Å²) in [6.45, 7) is 4.80. The number of hydrogen-bond acceptors (Lipinski definition) is 4. The Hall–Kier alpha value is -0.130. The molecule has 0 spiro atoms. The monoisotopic (exact) mass is 307 g/mol. The summed E-state index contributed by atoms with van der Waals surface area (Å²) in [5.41, 5.74) is 5.34. The average molecular weight is 308 g/mol. The zero-order valence-corrected chi connectivity index (χ0v) is 14.1. The molecular weight excluding hydrogens is 274 g/mol. The molecule has 0 amide bonds. The molecule has 0 aliphatic carbocycles. The fourth-order valence-corrected chi connectivity index (χ4v) is 3.64. The lowest BCUT2D eigenvalue weighted by molar-refractivity contribution is 0.305. The van der Waals surface area contributed by atoms with Crippen molar-refractivity contribution < 1.29 is 12.6 Å². The van der Waals surface area contributed by atoms with Crippen molar-refractivity contribution in [2.75, 3.05) is 13.2 Å². The molecule has 0 saturated heterocycles. The van der Waals surface area contributed by atoms with Crippen molar-refractivity contribution in [3.05, 3.63) is 0 Å². The molecule has 20 heavy (non-hydrogen) atoms. The molecule has 0 bridgehead atoms. The summed E-state index contributed by atoms with van der Waals surface area (Å²) in [7, 11) is -3.40. The maximum absolute atomic E-state index is 12.0. The molecule has 4 nitrogen and oxygen atoms in total. The second kappa shape index (κ2) is 12.6. The predicted molar refractivity (Wildman–Crippen MR) is 85.2 cm³/mol. The van der Waals surface area contributed by atoms with Crippen LogP contribution < -0.4 is 5.73 Å². The molecule has 0 aliphatic rings. The lowest BCUT2D eigenvalue weighted by atomic mass is 10.1. The minimum Gasteiger partial charge on any atom is -0.330 e. The Kier molecular flexibility index (Phi) is 12.5. The van der Waals surface area contributed by atoms with E-state index in [1.54, 1.807) is 0 Å². The smallest absolute Gasteiger partial charge is 0.270 e. The van der Waals surface area contributed by atoms with Crippen LogP contribution in [0.4, 0.5) is 0 Å². The fraction of sp³-hybridized carbons (Fsp3) is 1.00. The molecule has 0 aromatic carbocycles. The minimum atomic E-state index is -3.40. The molecule has 0 aromatic rings. The van der Waals surface area contributed by atoms with Gasteiger partial charge in [0.05, 0.1) is 11.9 Å². The maximum Gasteiger partial charge on any atom is 0.270 e. The highest BCUT2D eigenvalue weighted by molar-refractivity contribution is 7.87. The highest BCUT2D eigenvalue weighted by atomic mass is 32.2. The van der Waals surface area contributed by atoms with Gasteiger partial charge in [0.2, 0.25) is 0 Å². The second-order valence-electron chi connectivity index (χ2n) is 5.40. The molecular formula is C15H33NO3S. The fourth-order valence-electron chi connectivity index (χ4n) is 2.24. The number of nitrogens with two attached hydrogens (primary N) is 1. The van der Waals surface area contributed by atoms with Crippen molar-refractivity contribution in [1.82, 2.24) is 0 Å². The molecule has 0 rings (SSSR count). The van der Waals surface area contributed by atoms with Gasteiger partial charge in [-0.1, -0.05) is 58.8 Å². The van der Waals surface area contributed by atoms with Crippen molar-refractivity contribution in [2.45, 2.75) is 83.3 Å². The Morgan fingerprint density at radius 2 is 1.55 bits per heavy atom. The standard InChI is InChI=1S/C15H33NO3S/c1-3-5-6-7-8-9-10-12-15(4-2)20(17,18)19-14-11-13-16/h15H,3-14,16H2,1-2H3. The number of unbranched alkanes of at least 4 members (excludes halogenated alkanes) is 6. The zero-order valence-electron chi connectivity index (χ0n) is 13.3. The number of hydrogen-bond donors (Lipinski definition) is 1. The Morgan fingerprint density at radius 1 is 0.950 bits per heavy atom. The molecule has 0 fully saturated rings. The van der Waals surface area contributed by atoms with Crippen LogP contribution in [0.15, 0.2) is 0 Å². The first-order chi connectivity index (χ1) is 9.58. The van der Waals surface area contributed by atoms with Crippen molar-refractivity contribution in [3.8, 4) is 0 Å². The van der Waals surface area contributed by atoms with Crippen LogP contribution in [0.2, 0.25) is 0 Å². The first-order valence-electron chi connectivity index (χ1n) is 8.16. The average Bonchev–Trinajstić information content (AvgIpc) is 2.42. The predicted octanol–water partition coefficient (Wildman–Crippen LogP) is 3.60. The molecule has 122 valence electrons. The van der Waals surface area contributed by atoms with Crippen LogP contribution >= 0.6 is 0 Å². The van der Waals surface area contributed by atoms with E-state index in [-0.39, 0.29) is 11.9 Å². The molecule has 1 unspecified atom stereocenters. The van der Waals surface area contributed by atoms with Gasteiger partial charge in [-0.3, -0.25) is 4.18 Å². The first-order valence-corrected chi connectivity index (χ1v) is 9.63. The van der Waals surface area contributed by atoms with Gasteiger partial charge in [-0.15, -0.1) is 0 Å². The van der Waals surface area contributed by atoms with Crippen molar-refractivity contribution in [3.63, 3.8) is 0 Å². The van der Waals surface area contributed by atoms with E-state index in [0.717, 1.165) is 19.3 Å². The van der Waals surface area contributed by atoms with Gasteiger partial charge < -0.3 is 5.73 Å². The summed E-state index contributed by atoms with van der Waals surface area (Å²) in [5.74, 6) is 0. The topological polar surface area (TPSA) is 69.4 Å². The van der Waals surface area contributed by atoms with E-state index in [0.29, 0.717) is 19.4 Å². The van der Waals surface area contributed by atoms with E-state index in [1.165, 1.54) is 32.1 Å². The molecule has 0 heterocycles. The third-order valence-electron chi connectivity index (χ3n) is 3.59. The Labute approximate surface area is 125 Å². The third-order valence-corrected chi connectivity index (χ3v) is 5.47. The molecule has 2 N–H and O–H groups in total. The Balaban J connectivity index is 3.84. The van der Waals surface area contributed by atoms with Crippen LogP contribution in [0.5, 0.6) is 0 Å². The number of rotatable bonds is 14. The molecule has 0 aliphatic heterocycles. The third kappa shape index (κ3) is 9.72. The highest BCUT2D eigenvalue weighted by Gasteiger charge is 2.23. The van der Waals surface area contributed by atoms with Crippen molar-refractivity contribution in [2.24, 2.45) is 5.73 Å². The summed E-state index contributed by atoms with van der Waals surface area (Å²) in [5, 5.41) is -0.351. The summed E-state index contributed by atoms with van der Waals surface area (Å²) < 4.78 is 29.0. The van der Waals surface area contributed by atoms with Gasteiger partial charge in [0.15, 0.2) is 0 Å². The molecule has 0 saturated carbocycles. The van der Waals surface area contributed by atoms with Crippen molar-refractivity contribution >= 4 is 10.1 Å². The summed E-state index contributed by atoms with van der Waals surface area (Å²) in [6, 6.07) is 0. The minimum absolute atomic E-state index is 0.215. The Morgan fingerprint density at radius 3 is 2.10 bits per heavy atom. The van der Waals surface area contributed by atoms with Crippen LogP contribution in [-0.4, -0.2) is 26.8 Å². The van der Waals surface area contributed by atoms with Gasteiger partial charge in [-0.2, -0.15) is 8.42 Å². The van der Waals surface area contributed by atoms with Crippen molar-refractivity contribution in [1.29, 1.82) is 0 Å². The van der Waals surface area contributed by atoms with Gasteiger partial charge >= 0.3 is 0 Å². The SMILES string of the molecule is CCCCCCCCCC(CC)S(=O)(=O)OCCCN. The van der Waals surface area contributed by atoms with E-state index in [9.17, 15) is 8.42 Å². The van der Waals surface area contributed by atoms with Gasteiger partial charge in [-0.25, -0.2) is 0 Å². The lowest BCUT2D eigenvalue weighted by Gasteiger charge is -2.15. The van der Waals surface area contributed by atoms with Crippen LogP contribution in [0.3, 0.4) is 0 Å². The van der Waals surface area contributed by atoms with Gasteiger partial charge in [0.1, 0.15) is 0 Å². The van der Waals surface area contributed by atoms with E-state index >= 15 is 0 Å². The van der Waals surface area contributed by atoms with E-state index in [2.05, 4.69) is 6.92 Å². The van der Waals surface area contributed by atoms with Crippen LogP contribution in [-0.2, 0) is 14.3 Å². The molecule has 0 radical (unpaired) electrons. The first kappa shape index (κ1) is 19.9. The molecule has 5 heteroatoms. The largest absolute Gasteiger partial charge is 0.330 e. The van der Waals surface area contributed by atoms with Crippen LogP contribution in [0, 0.1) is 0 Å². The molecule has 0 aromatic heterocycles. The lowest BCUT2D eigenvalue weighted by Crippen LogP contribution is -2.24. The van der Waals surface area contributed by atoms with E-state index in [1.807, 2.05) is 6.92 Å². The van der Waals surface area contributed by atoms with Crippen LogP contribution in [0.25, 0.3) is 0 Å².